The van der Waals surface area contributed by atoms with Crippen molar-refractivity contribution in [2.24, 2.45) is 7.05 Å². The summed E-state index contributed by atoms with van der Waals surface area (Å²) in [6.07, 6.45) is 1.52. The number of aryl methyl sites for hydroxylation is 1. The first kappa shape index (κ1) is 19.7. The van der Waals surface area contributed by atoms with Gasteiger partial charge in [0.1, 0.15) is 6.33 Å². The van der Waals surface area contributed by atoms with E-state index in [9.17, 15) is 9.59 Å². The Kier molecular flexibility index (Phi) is 5.53. The Hall–Kier alpha value is -3.60. The zero-order valence-electron chi connectivity index (χ0n) is 16.9. The maximum atomic E-state index is 12.4. The topological polar surface area (TPSA) is 121 Å². The summed E-state index contributed by atoms with van der Waals surface area (Å²) in [5.41, 5.74) is 2.68. The summed E-state index contributed by atoms with van der Waals surface area (Å²) in [5.74, 6) is 0.521. The van der Waals surface area contributed by atoms with Crippen LogP contribution in [-0.4, -0.2) is 74.4 Å². The third kappa shape index (κ3) is 4.35. The van der Waals surface area contributed by atoms with Crippen molar-refractivity contribution in [1.82, 2.24) is 29.9 Å². The van der Waals surface area contributed by atoms with Gasteiger partial charge in [-0.05, 0) is 18.2 Å². The number of rotatable bonds is 5. The fourth-order valence-electron chi connectivity index (χ4n) is 3.47. The molecule has 0 spiro atoms. The van der Waals surface area contributed by atoms with Crippen LogP contribution in [0.15, 0.2) is 30.6 Å². The second kappa shape index (κ2) is 8.41. The number of hydrogen-bond acceptors (Lipinski definition) is 8. The molecule has 3 aromatic rings. The number of nitrogens with one attached hydrogen (secondary N) is 2. The first-order valence-electron chi connectivity index (χ1n) is 9.65. The van der Waals surface area contributed by atoms with Crippen LogP contribution in [0.25, 0.3) is 11.2 Å². The highest BCUT2D eigenvalue weighted by atomic mass is 16.2. The lowest BCUT2D eigenvalue weighted by molar-refractivity contribution is -0.117. The van der Waals surface area contributed by atoms with E-state index in [-0.39, 0.29) is 11.8 Å². The average Bonchev–Trinajstić information content (AvgIpc) is 3.09. The van der Waals surface area contributed by atoms with E-state index in [2.05, 4.69) is 40.7 Å². The Morgan fingerprint density at radius 2 is 1.80 bits per heavy atom. The Labute approximate surface area is 173 Å². The Morgan fingerprint density at radius 3 is 2.53 bits per heavy atom. The van der Waals surface area contributed by atoms with Gasteiger partial charge < -0.3 is 15.5 Å². The molecule has 1 saturated heterocycles. The van der Waals surface area contributed by atoms with E-state index in [0.29, 0.717) is 29.1 Å². The van der Waals surface area contributed by atoms with Gasteiger partial charge in [0, 0.05) is 51.5 Å². The van der Waals surface area contributed by atoms with Gasteiger partial charge in [-0.1, -0.05) is 11.3 Å². The van der Waals surface area contributed by atoms with Gasteiger partial charge in [-0.25, -0.2) is 14.6 Å². The third-order valence-electron chi connectivity index (χ3n) is 4.87. The molecule has 3 heterocycles. The molecule has 0 atom stereocenters. The second-order valence-electron chi connectivity index (χ2n) is 7.16. The average molecular weight is 409 g/mol. The third-order valence-corrected chi connectivity index (χ3v) is 4.87. The molecule has 4 rings (SSSR count). The lowest BCUT2D eigenvalue weighted by Crippen LogP contribution is -2.49. The Morgan fingerprint density at radius 1 is 1.07 bits per heavy atom. The fraction of sp³-hybridized carbons (Fsp3) is 0.368. The summed E-state index contributed by atoms with van der Waals surface area (Å²) in [6, 6.07) is 7.09. The number of anilines is 3. The molecule has 30 heavy (non-hydrogen) atoms. The number of fused-ring (bicyclic) bond motifs is 1. The van der Waals surface area contributed by atoms with E-state index in [1.165, 1.54) is 13.3 Å². The maximum Gasteiger partial charge on any atom is 0.238 e. The number of piperazine rings is 1. The molecule has 0 unspecified atom stereocenters. The number of benzene rings is 1. The van der Waals surface area contributed by atoms with Gasteiger partial charge >= 0.3 is 0 Å². The molecule has 1 fully saturated rings. The van der Waals surface area contributed by atoms with E-state index in [1.54, 1.807) is 36.0 Å². The minimum atomic E-state index is -0.154. The highest BCUT2D eigenvalue weighted by molar-refractivity contribution is 5.94. The van der Waals surface area contributed by atoms with Crippen LogP contribution in [-0.2, 0) is 16.6 Å². The molecule has 2 amide bonds. The minimum Gasteiger partial charge on any atom is -0.352 e. The first-order valence-corrected chi connectivity index (χ1v) is 9.65. The number of nitrogens with zero attached hydrogens (tertiary/aromatic N) is 7. The Bertz CT molecular complexity index is 1070. The largest absolute Gasteiger partial charge is 0.352 e. The number of carbonyl (C=O) groups is 2. The molecule has 1 aromatic carbocycles. The summed E-state index contributed by atoms with van der Waals surface area (Å²) in [6.45, 7) is 4.66. The number of aromatic nitrogens is 5. The lowest BCUT2D eigenvalue weighted by Gasteiger charge is -2.34. The van der Waals surface area contributed by atoms with Crippen molar-refractivity contribution in [3.63, 3.8) is 0 Å². The highest BCUT2D eigenvalue weighted by Gasteiger charge is 2.23. The number of amides is 2. The van der Waals surface area contributed by atoms with Crippen molar-refractivity contribution in [2.75, 3.05) is 48.3 Å². The van der Waals surface area contributed by atoms with Gasteiger partial charge in [0.25, 0.3) is 0 Å². The molecule has 156 valence electrons. The fourth-order valence-corrected chi connectivity index (χ4v) is 3.47. The normalized spacial score (nSPS) is 14.7. The molecule has 11 heteroatoms. The van der Waals surface area contributed by atoms with Crippen LogP contribution < -0.4 is 15.5 Å². The predicted molar refractivity (Wildman–Crippen MR) is 112 cm³/mol. The van der Waals surface area contributed by atoms with Crippen molar-refractivity contribution in [1.29, 1.82) is 0 Å². The molecular weight excluding hydrogens is 386 g/mol. The van der Waals surface area contributed by atoms with Crippen LogP contribution in [0, 0.1) is 0 Å². The molecule has 0 bridgehead atoms. The van der Waals surface area contributed by atoms with Gasteiger partial charge in [-0.2, -0.15) is 0 Å². The summed E-state index contributed by atoms with van der Waals surface area (Å²) >= 11 is 0. The van der Waals surface area contributed by atoms with Gasteiger partial charge in [-0.3, -0.25) is 14.5 Å². The van der Waals surface area contributed by atoms with Gasteiger partial charge in [0.05, 0.1) is 6.54 Å². The minimum absolute atomic E-state index is 0.0956. The van der Waals surface area contributed by atoms with Crippen LogP contribution >= 0.6 is 0 Å². The summed E-state index contributed by atoms with van der Waals surface area (Å²) in [4.78, 5) is 36.5. The van der Waals surface area contributed by atoms with Crippen molar-refractivity contribution in [3.05, 3.63) is 30.6 Å². The highest BCUT2D eigenvalue weighted by Crippen LogP contribution is 2.21. The van der Waals surface area contributed by atoms with Crippen LogP contribution in [0.4, 0.5) is 17.2 Å². The maximum absolute atomic E-state index is 12.4. The molecule has 0 aliphatic carbocycles. The van der Waals surface area contributed by atoms with Crippen molar-refractivity contribution < 1.29 is 9.59 Å². The quantitative estimate of drug-likeness (QED) is 0.624. The summed E-state index contributed by atoms with van der Waals surface area (Å²) in [5, 5.41) is 13.8. The number of carbonyl (C=O) groups excluding carboxylic acids is 2. The van der Waals surface area contributed by atoms with Gasteiger partial charge in [-0.15, -0.1) is 5.10 Å². The monoisotopic (exact) mass is 409 g/mol. The van der Waals surface area contributed by atoms with Crippen LogP contribution in [0.3, 0.4) is 0 Å². The molecule has 0 radical (unpaired) electrons. The van der Waals surface area contributed by atoms with E-state index in [4.69, 9.17) is 0 Å². The van der Waals surface area contributed by atoms with Crippen LogP contribution in [0.1, 0.15) is 6.92 Å². The smallest absolute Gasteiger partial charge is 0.238 e. The summed E-state index contributed by atoms with van der Waals surface area (Å²) < 4.78 is 1.63. The Balaban J connectivity index is 1.32. The molecule has 2 aromatic heterocycles. The standard InChI is InChI=1S/C19H23N9O2/c1-13(29)22-14-4-3-5-15(10-14)23-16(30)11-27-6-8-28(9-7-27)19-17-18(20-12-21-19)26(2)25-24-17/h3-5,10,12H,6-9,11H2,1-2H3,(H,22,29)(H,23,30). The molecule has 0 saturated carbocycles. The zero-order chi connectivity index (χ0) is 21.1. The lowest BCUT2D eigenvalue weighted by atomic mass is 10.2. The zero-order valence-corrected chi connectivity index (χ0v) is 16.9. The van der Waals surface area contributed by atoms with Crippen LogP contribution in [0.2, 0.25) is 0 Å². The van der Waals surface area contributed by atoms with Gasteiger partial charge in [0.2, 0.25) is 11.8 Å². The second-order valence-corrected chi connectivity index (χ2v) is 7.16. The molecule has 11 nitrogen and oxygen atoms in total. The van der Waals surface area contributed by atoms with Crippen LogP contribution in [0.5, 0.6) is 0 Å². The van der Waals surface area contributed by atoms with E-state index >= 15 is 0 Å². The molecule has 1 aliphatic rings. The molecule has 1 aliphatic heterocycles. The molecular formula is C19H23N9O2. The van der Waals surface area contributed by atoms with Gasteiger partial charge in [0.15, 0.2) is 17.0 Å². The number of hydrogen-bond donors (Lipinski definition) is 2. The van der Waals surface area contributed by atoms with Crippen molar-refractivity contribution >= 4 is 40.2 Å². The first-order chi connectivity index (χ1) is 14.5. The van der Waals surface area contributed by atoms with E-state index in [1.807, 2.05) is 0 Å². The van der Waals surface area contributed by atoms with E-state index in [0.717, 1.165) is 32.0 Å². The molecule has 2 N–H and O–H groups in total. The van der Waals surface area contributed by atoms with Crippen molar-refractivity contribution in [2.45, 2.75) is 6.92 Å². The SMILES string of the molecule is CC(=O)Nc1cccc(NC(=O)CN2CCN(c3ncnc4c3nnn4C)CC2)c1. The van der Waals surface area contributed by atoms with Crippen molar-refractivity contribution in [3.8, 4) is 0 Å². The predicted octanol–water partition coefficient (Wildman–Crippen LogP) is 0.477. The van der Waals surface area contributed by atoms with E-state index < -0.39 is 0 Å². The summed E-state index contributed by atoms with van der Waals surface area (Å²) in [7, 11) is 1.80.